The molecule has 2 N–H and O–H groups in total. The zero-order valence-corrected chi connectivity index (χ0v) is 15.3. The molecule has 0 aliphatic carbocycles. The second-order valence-electron chi connectivity index (χ2n) is 6.83. The van der Waals surface area contributed by atoms with Gasteiger partial charge in [-0.1, -0.05) is 41.5 Å². The number of pyridine rings is 1. The molecule has 1 heterocycles. The Balaban J connectivity index is 1.54. The van der Waals surface area contributed by atoms with E-state index in [-0.39, 0.29) is 18.0 Å². The maximum atomic E-state index is 12.2. The number of benzene rings is 2. The topological polar surface area (TPSA) is 62.0 Å². The van der Waals surface area contributed by atoms with Crippen molar-refractivity contribution in [2.75, 3.05) is 0 Å². The predicted octanol–water partition coefficient (Wildman–Crippen LogP) is 3.78. The number of hydrogen-bond acceptors (Lipinski definition) is 2. The summed E-state index contributed by atoms with van der Waals surface area (Å²) in [6.07, 6.45) is 2.13. The minimum atomic E-state index is -0.152. The Bertz CT molecular complexity index is 972. The molecule has 134 valence electrons. The second kappa shape index (κ2) is 8.00. The van der Waals surface area contributed by atoms with E-state index in [2.05, 4.69) is 41.5 Å². The van der Waals surface area contributed by atoms with E-state index in [1.807, 2.05) is 31.2 Å². The van der Waals surface area contributed by atoms with Crippen LogP contribution in [0.4, 0.5) is 0 Å². The predicted molar refractivity (Wildman–Crippen MR) is 105 cm³/mol. The average molecular weight is 348 g/mol. The highest BCUT2D eigenvalue weighted by atomic mass is 16.1. The molecule has 0 atom stereocenters. The van der Waals surface area contributed by atoms with Crippen LogP contribution in [-0.4, -0.2) is 10.9 Å². The molecule has 0 aliphatic heterocycles. The van der Waals surface area contributed by atoms with Crippen molar-refractivity contribution in [3.05, 3.63) is 81.1 Å². The average Bonchev–Trinajstić information content (AvgIpc) is 2.62. The zero-order chi connectivity index (χ0) is 18.5. The number of hydrogen-bond donors (Lipinski definition) is 2. The van der Waals surface area contributed by atoms with Gasteiger partial charge in [-0.15, -0.1) is 0 Å². The molecule has 3 rings (SSSR count). The van der Waals surface area contributed by atoms with Gasteiger partial charge in [0.25, 0.3) is 5.56 Å². The Kier molecular flexibility index (Phi) is 5.52. The van der Waals surface area contributed by atoms with Crippen LogP contribution in [-0.2, 0) is 17.8 Å². The smallest absolute Gasteiger partial charge is 0.253 e. The number of carbonyl (C=O) groups excluding carboxylic acids is 1. The Labute approximate surface area is 153 Å². The highest BCUT2D eigenvalue weighted by Gasteiger charge is 2.06. The highest BCUT2D eigenvalue weighted by Crippen LogP contribution is 2.13. The van der Waals surface area contributed by atoms with Crippen LogP contribution in [0, 0.1) is 13.8 Å². The van der Waals surface area contributed by atoms with Gasteiger partial charge in [0.15, 0.2) is 0 Å². The summed E-state index contributed by atoms with van der Waals surface area (Å²) in [7, 11) is 0. The van der Waals surface area contributed by atoms with E-state index >= 15 is 0 Å². The molecule has 3 aromatic rings. The lowest BCUT2D eigenvalue weighted by molar-refractivity contribution is -0.121. The Morgan fingerprint density at radius 3 is 2.50 bits per heavy atom. The molecule has 0 saturated carbocycles. The number of H-pyrrole nitrogens is 1. The van der Waals surface area contributed by atoms with Crippen LogP contribution in [0.2, 0.25) is 0 Å². The third-order valence-corrected chi connectivity index (χ3v) is 4.54. The van der Waals surface area contributed by atoms with E-state index in [0.29, 0.717) is 12.0 Å². The van der Waals surface area contributed by atoms with Crippen LogP contribution in [0.5, 0.6) is 0 Å². The van der Waals surface area contributed by atoms with E-state index < -0.39 is 0 Å². The van der Waals surface area contributed by atoms with Crippen molar-refractivity contribution in [2.24, 2.45) is 0 Å². The molecular weight excluding hydrogens is 324 g/mol. The fourth-order valence-corrected chi connectivity index (χ4v) is 2.99. The summed E-state index contributed by atoms with van der Waals surface area (Å²) >= 11 is 0. The quantitative estimate of drug-likeness (QED) is 0.712. The van der Waals surface area contributed by atoms with Crippen LogP contribution < -0.4 is 10.9 Å². The van der Waals surface area contributed by atoms with E-state index in [1.54, 1.807) is 0 Å². The van der Waals surface area contributed by atoms with E-state index in [0.717, 1.165) is 29.3 Å². The van der Waals surface area contributed by atoms with E-state index in [9.17, 15) is 9.59 Å². The van der Waals surface area contributed by atoms with Gasteiger partial charge < -0.3 is 10.3 Å². The van der Waals surface area contributed by atoms with Crippen molar-refractivity contribution < 1.29 is 4.79 Å². The van der Waals surface area contributed by atoms with Gasteiger partial charge in [0.2, 0.25) is 5.91 Å². The Morgan fingerprint density at radius 2 is 1.73 bits per heavy atom. The summed E-state index contributed by atoms with van der Waals surface area (Å²) in [5, 5.41) is 3.84. The summed E-state index contributed by atoms with van der Waals surface area (Å²) < 4.78 is 0. The lowest BCUT2D eigenvalue weighted by atomic mass is 10.1. The molecule has 0 fully saturated rings. The highest BCUT2D eigenvalue weighted by molar-refractivity contribution is 5.80. The van der Waals surface area contributed by atoms with Crippen LogP contribution >= 0.6 is 0 Å². The third-order valence-electron chi connectivity index (χ3n) is 4.54. The molecule has 0 unspecified atom stereocenters. The fraction of sp³-hybridized carbons (Fsp3) is 0.273. The molecule has 0 saturated heterocycles. The monoisotopic (exact) mass is 348 g/mol. The van der Waals surface area contributed by atoms with Crippen LogP contribution in [0.3, 0.4) is 0 Å². The lowest BCUT2D eigenvalue weighted by Crippen LogP contribution is -2.26. The van der Waals surface area contributed by atoms with Crippen molar-refractivity contribution >= 4 is 16.8 Å². The summed E-state index contributed by atoms with van der Waals surface area (Å²) in [4.78, 5) is 27.1. The van der Waals surface area contributed by atoms with Crippen molar-refractivity contribution in [3.63, 3.8) is 0 Å². The fourth-order valence-electron chi connectivity index (χ4n) is 2.99. The Morgan fingerprint density at radius 1 is 1.00 bits per heavy atom. The van der Waals surface area contributed by atoms with Gasteiger partial charge in [-0.2, -0.15) is 0 Å². The summed E-state index contributed by atoms with van der Waals surface area (Å²) in [5.41, 5.74) is 4.85. The number of nitrogens with one attached hydrogen (secondary N) is 2. The third kappa shape index (κ3) is 4.60. The molecule has 26 heavy (non-hydrogen) atoms. The number of rotatable bonds is 6. The first-order valence-electron chi connectivity index (χ1n) is 8.96. The van der Waals surface area contributed by atoms with Gasteiger partial charge in [0, 0.05) is 24.0 Å². The number of aromatic nitrogens is 1. The number of aromatic amines is 1. The largest absolute Gasteiger partial charge is 0.352 e. The Hall–Kier alpha value is -2.88. The number of amides is 1. The molecule has 0 bridgehead atoms. The molecule has 0 spiro atoms. The maximum Gasteiger partial charge on any atom is 0.253 e. The minimum Gasteiger partial charge on any atom is -0.352 e. The lowest BCUT2D eigenvalue weighted by Gasteiger charge is -2.07. The van der Waals surface area contributed by atoms with Crippen molar-refractivity contribution in [3.8, 4) is 0 Å². The second-order valence-corrected chi connectivity index (χ2v) is 6.83. The molecular formula is C22H24N2O2. The minimum absolute atomic E-state index is 0.0270. The van der Waals surface area contributed by atoms with Gasteiger partial charge >= 0.3 is 0 Å². The maximum absolute atomic E-state index is 12.2. The first kappa shape index (κ1) is 17.9. The van der Waals surface area contributed by atoms with Crippen molar-refractivity contribution in [1.82, 2.24) is 10.3 Å². The van der Waals surface area contributed by atoms with E-state index in [1.165, 1.54) is 11.1 Å². The molecule has 0 radical (unpaired) electrons. The van der Waals surface area contributed by atoms with E-state index in [4.69, 9.17) is 0 Å². The van der Waals surface area contributed by atoms with Crippen LogP contribution in [0.1, 0.15) is 35.1 Å². The van der Waals surface area contributed by atoms with Crippen molar-refractivity contribution in [1.29, 1.82) is 0 Å². The zero-order valence-electron chi connectivity index (χ0n) is 15.3. The van der Waals surface area contributed by atoms with Gasteiger partial charge in [0.05, 0.1) is 0 Å². The number of carbonyl (C=O) groups is 1. The summed E-state index contributed by atoms with van der Waals surface area (Å²) in [6, 6.07) is 16.1. The standard InChI is InChI=1S/C22H24N2O2/c1-15-6-9-17(10-7-15)4-3-5-21(25)23-14-19-13-18-12-16(2)8-11-20(18)24-22(19)26/h6-13H,3-5,14H2,1-2H3,(H,23,25)(H,24,26). The molecule has 4 heteroatoms. The molecule has 0 aliphatic rings. The molecule has 4 nitrogen and oxygen atoms in total. The van der Waals surface area contributed by atoms with Gasteiger partial charge in [-0.3, -0.25) is 9.59 Å². The van der Waals surface area contributed by atoms with Crippen molar-refractivity contribution in [2.45, 2.75) is 39.7 Å². The van der Waals surface area contributed by atoms with Gasteiger partial charge in [-0.05, 0) is 55.8 Å². The number of aryl methyl sites for hydroxylation is 3. The van der Waals surface area contributed by atoms with Crippen LogP contribution in [0.15, 0.2) is 53.3 Å². The first-order valence-corrected chi connectivity index (χ1v) is 8.96. The SMILES string of the molecule is Cc1ccc(CCCC(=O)NCc2cc3cc(C)ccc3[nH]c2=O)cc1. The summed E-state index contributed by atoms with van der Waals surface area (Å²) in [6.45, 7) is 4.33. The summed E-state index contributed by atoms with van der Waals surface area (Å²) in [5.74, 6) is -0.0270. The normalized spacial score (nSPS) is 10.8. The molecule has 2 aromatic carbocycles. The van der Waals surface area contributed by atoms with Gasteiger partial charge in [0.1, 0.15) is 0 Å². The number of fused-ring (bicyclic) bond motifs is 1. The first-order chi connectivity index (χ1) is 12.5. The van der Waals surface area contributed by atoms with Crippen LogP contribution in [0.25, 0.3) is 10.9 Å². The molecule has 1 amide bonds. The van der Waals surface area contributed by atoms with Gasteiger partial charge in [-0.25, -0.2) is 0 Å². The molecule has 1 aromatic heterocycles.